The van der Waals surface area contributed by atoms with Crippen LogP contribution in [-0.2, 0) is 0 Å². The van der Waals surface area contributed by atoms with Crippen LogP contribution in [0.1, 0.15) is 10.4 Å². The third-order valence-corrected chi connectivity index (χ3v) is 4.13. The van der Waals surface area contributed by atoms with Gasteiger partial charge in [-0.15, -0.1) is 12.4 Å². The van der Waals surface area contributed by atoms with Crippen molar-refractivity contribution in [3.05, 3.63) is 60.3 Å². The van der Waals surface area contributed by atoms with Gasteiger partial charge in [0.15, 0.2) is 0 Å². The number of carbonyl (C=O) groups excluding carboxylic acids is 1. The normalized spacial score (nSPS) is 10.6. The molecule has 2 aromatic heterocycles. The van der Waals surface area contributed by atoms with Gasteiger partial charge in [-0.05, 0) is 47.5 Å². The number of nitrogens with one attached hydrogen (secondary N) is 1. The van der Waals surface area contributed by atoms with Crippen molar-refractivity contribution in [2.45, 2.75) is 0 Å². The smallest absolute Gasteiger partial charge is 0.250 e. The number of rotatable bonds is 3. The Hall–Kier alpha value is -3.05. The predicted octanol–water partition coefficient (Wildman–Crippen LogP) is 3.91. The second kappa shape index (κ2) is 6.45. The Balaban J connectivity index is 0.00000182. The summed E-state index contributed by atoms with van der Waals surface area (Å²) in [7, 11) is 1.63. The van der Waals surface area contributed by atoms with E-state index >= 15 is 0 Å². The van der Waals surface area contributed by atoms with Crippen molar-refractivity contribution in [2.24, 2.45) is 5.73 Å². The van der Waals surface area contributed by atoms with Gasteiger partial charge in [-0.1, -0.05) is 12.1 Å². The molecule has 0 aliphatic heterocycles. The maximum atomic E-state index is 12.0. The summed E-state index contributed by atoms with van der Waals surface area (Å²) in [5, 5.41) is 0.875. The van der Waals surface area contributed by atoms with Crippen LogP contribution in [0, 0.1) is 0 Å². The van der Waals surface area contributed by atoms with E-state index in [0.717, 1.165) is 33.3 Å². The number of primary amides is 1. The second-order valence-electron chi connectivity index (χ2n) is 5.57. The van der Waals surface area contributed by atoms with Gasteiger partial charge in [0.05, 0.1) is 29.2 Å². The Morgan fingerprint density at radius 3 is 2.72 bits per heavy atom. The number of benzene rings is 2. The highest BCUT2D eigenvalue weighted by Crippen LogP contribution is 2.32. The number of hydrogen-bond acceptors (Lipinski definition) is 3. The number of methoxy groups -OCH3 is 1. The Labute approximate surface area is 150 Å². The fourth-order valence-electron chi connectivity index (χ4n) is 2.98. The third kappa shape index (κ3) is 2.79. The molecule has 0 spiro atoms. The molecule has 0 unspecified atom stereocenters. The van der Waals surface area contributed by atoms with Crippen molar-refractivity contribution >= 4 is 40.3 Å². The van der Waals surface area contributed by atoms with Gasteiger partial charge < -0.3 is 15.5 Å². The SMILES string of the molecule is COc1cccc(-c2cc(C(N)=O)c3[nH]c4cccnc4c3c2)c1.Cl. The van der Waals surface area contributed by atoms with Crippen molar-refractivity contribution in [3.8, 4) is 16.9 Å². The summed E-state index contributed by atoms with van der Waals surface area (Å²) in [6, 6.07) is 15.3. The van der Waals surface area contributed by atoms with E-state index in [4.69, 9.17) is 10.5 Å². The van der Waals surface area contributed by atoms with Gasteiger partial charge in [0, 0.05) is 11.6 Å². The molecule has 0 saturated carbocycles. The molecule has 126 valence electrons. The molecule has 6 heteroatoms. The molecular formula is C19H16ClN3O2. The van der Waals surface area contributed by atoms with E-state index in [9.17, 15) is 4.79 Å². The van der Waals surface area contributed by atoms with Crippen LogP contribution in [0.25, 0.3) is 33.1 Å². The summed E-state index contributed by atoms with van der Waals surface area (Å²) >= 11 is 0. The first-order valence-electron chi connectivity index (χ1n) is 7.52. The summed E-state index contributed by atoms with van der Waals surface area (Å²) in [5.41, 5.74) is 10.3. The number of aromatic nitrogens is 2. The molecule has 3 N–H and O–H groups in total. The molecule has 4 aromatic rings. The Bertz CT molecular complexity index is 1090. The van der Waals surface area contributed by atoms with E-state index < -0.39 is 5.91 Å². The molecule has 0 aliphatic carbocycles. The second-order valence-corrected chi connectivity index (χ2v) is 5.57. The zero-order valence-electron chi connectivity index (χ0n) is 13.4. The van der Waals surface area contributed by atoms with Gasteiger partial charge in [0.2, 0.25) is 0 Å². The molecule has 2 aromatic carbocycles. The Morgan fingerprint density at radius 1 is 1.12 bits per heavy atom. The number of pyridine rings is 1. The topological polar surface area (TPSA) is 81.0 Å². The van der Waals surface area contributed by atoms with Gasteiger partial charge in [-0.3, -0.25) is 9.78 Å². The molecule has 0 atom stereocenters. The minimum Gasteiger partial charge on any atom is -0.497 e. The number of hydrogen-bond donors (Lipinski definition) is 2. The maximum Gasteiger partial charge on any atom is 0.250 e. The molecule has 1 amide bonds. The van der Waals surface area contributed by atoms with Crippen molar-refractivity contribution in [1.29, 1.82) is 0 Å². The average molecular weight is 354 g/mol. The van der Waals surface area contributed by atoms with E-state index in [1.54, 1.807) is 19.4 Å². The average Bonchev–Trinajstić information content (AvgIpc) is 2.99. The van der Waals surface area contributed by atoms with Gasteiger partial charge in [0.1, 0.15) is 5.75 Å². The van der Waals surface area contributed by atoms with E-state index in [-0.39, 0.29) is 12.4 Å². The summed E-state index contributed by atoms with van der Waals surface area (Å²) < 4.78 is 5.29. The first kappa shape index (κ1) is 16.8. The number of carbonyl (C=O) groups is 1. The van der Waals surface area contributed by atoms with Crippen LogP contribution in [0.15, 0.2) is 54.7 Å². The molecular weight excluding hydrogens is 338 g/mol. The number of nitrogens with zero attached hydrogens (tertiary/aromatic N) is 1. The highest BCUT2D eigenvalue weighted by Gasteiger charge is 2.15. The summed E-state index contributed by atoms with van der Waals surface area (Å²) in [6.45, 7) is 0. The van der Waals surface area contributed by atoms with Crippen molar-refractivity contribution in [3.63, 3.8) is 0 Å². The fraction of sp³-hybridized carbons (Fsp3) is 0.0526. The third-order valence-electron chi connectivity index (χ3n) is 4.13. The zero-order chi connectivity index (χ0) is 16.7. The monoisotopic (exact) mass is 353 g/mol. The number of amides is 1. The lowest BCUT2D eigenvalue weighted by molar-refractivity contribution is 0.100. The minimum atomic E-state index is -0.476. The molecule has 0 aliphatic rings. The lowest BCUT2D eigenvalue weighted by Crippen LogP contribution is -2.11. The molecule has 0 saturated heterocycles. The first-order valence-corrected chi connectivity index (χ1v) is 7.52. The minimum absolute atomic E-state index is 0. The van der Waals surface area contributed by atoms with Crippen molar-refractivity contribution in [1.82, 2.24) is 9.97 Å². The van der Waals surface area contributed by atoms with Crippen molar-refractivity contribution in [2.75, 3.05) is 7.11 Å². The lowest BCUT2D eigenvalue weighted by atomic mass is 9.99. The van der Waals surface area contributed by atoms with Crippen LogP contribution in [0.5, 0.6) is 5.75 Å². The van der Waals surface area contributed by atoms with Crippen molar-refractivity contribution < 1.29 is 9.53 Å². The summed E-state index contributed by atoms with van der Waals surface area (Å²) in [5.74, 6) is 0.279. The molecule has 4 rings (SSSR count). The number of ether oxygens (including phenoxy) is 1. The molecule has 0 radical (unpaired) electrons. The summed E-state index contributed by atoms with van der Waals surface area (Å²) in [6.07, 6.45) is 1.73. The molecule has 0 fully saturated rings. The largest absolute Gasteiger partial charge is 0.497 e. The Morgan fingerprint density at radius 2 is 1.96 bits per heavy atom. The molecule has 2 heterocycles. The maximum absolute atomic E-state index is 12.0. The van der Waals surface area contributed by atoms with Crippen LogP contribution in [0.3, 0.4) is 0 Å². The lowest BCUT2D eigenvalue weighted by Gasteiger charge is -2.07. The van der Waals surface area contributed by atoms with E-state index in [0.29, 0.717) is 11.1 Å². The number of halogens is 1. The first-order chi connectivity index (χ1) is 11.7. The highest BCUT2D eigenvalue weighted by atomic mass is 35.5. The van der Waals surface area contributed by atoms with Crippen LogP contribution in [0.2, 0.25) is 0 Å². The van der Waals surface area contributed by atoms with Crippen LogP contribution in [0.4, 0.5) is 0 Å². The molecule has 25 heavy (non-hydrogen) atoms. The Kier molecular flexibility index (Phi) is 4.33. The van der Waals surface area contributed by atoms with Gasteiger partial charge in [0.25, 0.3) is 5.91 Å². The van der Waals surface area contributed by atoms with Crippen LogP contribution >= 0.6 is 12.4 Å². The zero-order valence-corrected chi connectivity index (χ0v) is 14.3. The quantitative estimate of drug-likeness (QED) is 0.586. The number of aromatic amines is 1. The van der Waals surface area contributed by atoms with E-state index in [1.807, 2.05) is 42.5 Å². The molecule has 5 nitrogen and oxygen atoms in total. The highest BCUT2D eigenvalue weighted by molar-refractivity contribution is 6.14. The van der Waals surface area contributed by atoms with E-state index in [2.05, 4.69) is 9.97 Å². The van der Waals surface area contributed by atoms with Gasteiger partial charge in [-0.2, -0.15) is 0 Å². The predicted molar refractivity (Wildman–Crippen MR) is 101 cm³/mol. The van der Waals surface area contributed by atoms with Crippen LogP contribution in [-0.4, -0.2) is 23.0 Å². The number of fused-ring (bicyclic) bond motifs is 3. The molecule has 0 bridgehead atoms. The number of H-pyrrole nitrogens is 1. The van der Waals surface area contributed by atoms with Gasteiger partial charge >= 0.3 is 0 Å². The number of nitrogens with two attached hydrogens (primary N) is 1. The summed E-state index contributed by atoms with van der Waals surface area (Å²) in [4.78, 5) is 19.6. The van der Waals surface area contributed by atoms with Crippen LogP contribution < -0.4 is 10.5 Å². The van der Waals surface area contributed by atoms with E-state index in [1.165, 1.54) is 0 Å². The standard InChI is InChI=1S/C19H15N3O2.ClH/c1-24-13-5-2-4-11(8-13)12-9-14-17(15(10-12)19(20)23)22-16-6-3-7-21-18(14)16;/h2-10,22H,1H3,(H2,20,23);1H. The fourth-order valence-corrected chi connectivity index (χ4v) is 2.98. The van der Waals surface area contributed by atoms with Gasteiger partial charge in [-0.25, -0.2) is 0 Å².